The summed E-state index contributed by atoms with van der Waals surface area (Å²) in [6.45, 7) is 0.854. The number of hydrogen-bond donors (Lipinski definition) is 1. The average Bonchev–Trinajstić information content (AvgIpc) is 2.68. The van der Waals surface area contributed by atoms with Crippen LogP contribution in [0.5, 0.6) is 0 Å². The van der Waals surface area contributed by atoms with Gasteiger partial charge in [0.05, 0.1) is 5.69 Å². The maximum Gasteiger partial charge on any atom is 0.132 e. The summed E-state index contributed by atoms with van der Waals surface area (Å²) in [6.07, 6.45) is 2.78. The molecule has 0 spiro atoms. The predicted octanol–water partition coefficient (Wildman–Crippen LogP) is 1.99. The summed E-state index contributed by atoms with van der Waals surface area (Å²) in [4.78, 5) is 0. The molecule has 0 saturated carbocycles. The minimum atomic E-state index is -0.225. The number of nitrogens with one attached hydrogen (secondary N) is 1. The van der Waals surface area contributed by atoms with Gasteiger partial charge in [0.25, 0.3) is 0 Å². The number of nitrogens with zero attached hydrogens (tertiary/aromatic N) is 2. The van der Waals surface area contributed by atoms with Crippen LogP contribution in [0, 0.1) is 5.82 Å². The summed E-state index contributed by atoms with van der Waals surface area (Å²) in [7, 11) is 3.76. The molecular weight excluding hydrogens is 217 g/mol. The number of likely N-dealkylation sites (N-methyl/N-ethyl adjacent to an activating group) is 1. The number of hydrogen-bond acceptors (Lipinski definition) is 2. The molecule has 0 unspecified atom stereocenters. The molecule has 4 heteroatoms. The van der Waals surface area contributed by atoms with Gasteiger partial charge in [-0.3, -0.25) is 4.68 Å². The molecular formula is C13H16FN3. The Balaban J connectivity index is 2.41. The molecule has 0 amide bonds. The van der Waals surface area contributed by atoms with Crippen LogP contribution in [0.25, 0.3) is 11.3 Å². The van der Waals surface area contributed by atoms with E-state index in [2.05, 4.69) is 10.4 Å². The van der Waals surface area contributed by atoms with Crippen molar-refractivity contribution < 1.29 is 4.39 Å². The van der Waals surface area contributed by atoms with Crippen molar-refractivity contribution in [1.82, 2.24) is 15.1 Å². The maximum atomic E-state index is 13.7. The standard InChI is InChI=1S/C13H16FN3/c1-15-8-7-10-9-17(2)16-13(10)11-5-3-4-6-12(11)14/h3-6,9,15H,7-8H2,1-2H3. The Hall–Kier alpha value is -1.68. The van der Waals surface area contributed by atoms with E-state index < -0.39 is 0 Å². The van der Waals surface area contributed by atoms with Crippen LogP contribution in [-0.4, -0.2) is 23.4 Å². The van der Waals surface area contributed by atoms with Gasteiger partial charge in [-0.2, -0.15) is 5.10 Å². The van der Waals surface area contributed by atoms with E-state index in [0.717, 1.165) is 24.2 Å². The smallest absolute Gasteiger partial charge is 0.132 e. The molecule has 1 aromatic heterocycles. The van der Waals surface area contributed by atoms with Gasteiger partial charge >= 0.3 is 0 Å². The third-order valence-corrected chi connectivity index (χ3v) is 2.68. The lowest BCUT2D eigenvalue weighted by Crippen LogP contribution is -2.10. The van der Waals surface area contributed by atoms with Gasteiger partial charge < -0.3 is 5.32 Å². The summed E-state index contributed by atoms with van der Waals surface area (Å²) in [6, 6.07) is 6.75. The van der Waals surface area contributed by atoms with Crippen molar-refractivity contribution in [2.75, 3.05) is 13.6 Å². The number of benzene rings is 1. The Labute approximate surface area is 100 Å². The van der Waals surface area contributed by atoms with Crippen LogP contribution in [0.1, 0.15) is 5.56 Å². The number of aromatic nitrogens is 2. The fourth-order valence-electron chi connectivity index (χ4n) is 1.86. The van der Waals surface area contributed by atoms with Crippen LogP contribution >= 0.6 is 0 Å². The molecule has 0 fully saturated rings. The molecule has 0 atom stereocenters. The summed E-state index contributed by atoms with van der Waals surface area (Å²) in [5, 5.41) is 7.43. The van der Waals surface area contributed by atoms with Crippen LogP contribution in [0.2, 0.25) is 0 Å². The molecule has 0 aliphatic carbocycles. The van der Waals surface area contributed by atoms with Crippen LogP contribution in [0.3, 0.4) is 0 Å². The second-order valence-corrected chi connectivity index (χ2v) is 4.01. The van der Waals surface area contributed by atoms with Crippen molar-refractivity contribution in [3.8, 4) is 11.3 Å². The summed E-state index contributed by atoms with van der Waals surface area (Å²) in [5.41, 5.74) is 2.37. The van der Waals surface area contributed by atoms with Gasteiger partial charge in [0, 0.05) is 18.8 Å². The van der Waals surface area contributed by atoms with Gasteiger partial charge in [0.15, 0.2) is 0 Å². The molecule has 2 aromatic rings. The van der Waals surface area contributed by atoms with E-state index in [-0.39, 0.29) is 5.82 Å². The minimum absolute atomic E-state index is 0.225. The molecule has 17 heavy (non-hydrogen) atoms. The first-order chi connectivity index (χ1) is 8.22. The van der Waals surface area contributed by atoms with Crippen LogP contribution in [0.4, 0.5) is 4.39 Å². The fourth-order valence-corrected chi connectivity index (χ4v) is 1.86. The summed E-state index contributed by atoms with van der Waals surface area (Å²) in [5.74, 6) is -0.225. The Morgan fingerprint density at radius 3 is 2.82 bits per heavy atom. The zero-order chi connectivity index (χ0) is 12.3. The van der Waals surface area contributed by atoms with Gasteiger partial charge in [0.2, 0.25) is 0 Å². The third-order valence-electron chi connectivity index (χ3n) is 2.68. The maximum absolute atomic E-state index is 13.7. The lowest BCUT2D eigenvalue weighted by molar-refractivity contribution is 0.629. The largest absolute Gasteiger partial charge is 0.319 e. The highest BCUT2D eigenvalue weighted by atomic mass is 19.1. The highest BCUT2D eigenvalue weighted by Crippen LogP contribution is 2.24. The third kappa shape index (κ3) is 2.53. The topological polar surface area (TPSA) is 29.9 Å². The molecule has 90 valence electrons. The number of aryl methyl sites for hydroxylation is 1. The Bertz CT molecular complexity index is 505. The molecule has 1 N–H and O–H groups in total. The average molecular weight is 233 g/mol. The lowest BCUT2D eigenvalue weighted by Gasteiger charge is -2.03. The van der Waals surface area contributed by atoms with E-state index in [1.54, 1.807) is 16.8 Å². The summed E-state index contributed by atoms with van der Waals surface area (Å²) < 4.78 is 15.5. The molecule has 0 aliphatic rings. The van der Waals surface area contributed by atoms with Gasteiger partial charge in [-0.1, -0.05) is 12.1 Å². The van der Waals surface area contributed by atoms with Gasteiger partial charge in [-0.25, -0.2) is 4.39 Å². The second kappa shape index (κ2) is 5.10. The van der Waals surface area contributed by atoms with Crippen LogP contribution in [0.15, 0.2) is 30.5 Å². The highest BCUT2D eigenvalue weighted by molar-refractivity contribution is 5.63. The van der Waals surface area contributed by atoms with E-state index in [4.69, 9.17) is 0 Å². The Kier molecular flexibility index (Phi) is 3.54. The molecule has 2 rings (SSSR count). The van der Waals surface area contributed by atoms with Crippen molar-refractivity contribution in [3.63, 3.8) is 0 Å². The highest BCUT2D eigenvalue weighted by Gasteiger charge is 2.12. The first-order valence-corrected chi connectivity index (χ1v) is 5.64. The zero-order valence-corrected chi connectivity index (χ0v) is 10.1. The Morgan fingerprint density at radius 1 is 1.35 bits per heavy atom. The lowest BCUT2D eigenvalue weighted by atomic mass is 10.1. The van der Waals surface area contributed by atoms with Crippen molar-refractivity contribution in [1.29, 1.82) is 0 Å². The molecule has 1 heterocycles. The molecule has 0 saturated heterocycles. The van der Waals surface area contributed by atoms with E-state index in [1.807, 2.05) is 26.4 Å². The van der Waals surface area contributed by atoms with Crippen molar-refractivity contribution in [2.45, 2.75) is 6.42 Å². The monoisotopic (exact) mass is 233 g/mol. The van der Waals surface area contributed by atoms with Crippen LogP contribution < -0.4 is 5.32 Å². The first kappa shape index (κ1) is 11.8. The summed E-state index contributed by atoms with van der Waals surface area (Å²) >= 11 is 0. The quantitative estimate of drug-likeness (QED) is 0.875. The number of rotatable bonds is 4. The van der Waals surface area contributed by atoms with E-state index in [1.165, 1.54) is 6.07 Å². The molecule has 1 aromatic carbocycles. The first-order valence-electron chi connectivity index (χ1n) is 5.64. The van der Waals surface area contributed by atoms with Crippen molar-refractivity contribution >= 4 is 0 Å². The van der Waals surface area contributed by atoms with Gasteiger partial charge in [-0.05, 0) is 37.7 Å². The predicted molar refractivity (Wildman–Crippen MR) is 66.2 cm³/mol. The van der Waals surface area contributed by atoms with Crippen LogP contribution in [-0.2, 0) is 13.5 Å². The molecule has 0 bridgehead atoms. The van der Waals surface area contributed by atoms with Gasteiger partial charge in [-0.15, -0.1) is 0 Å². The molecule has 3 nitrogen and oxygen atoms in total. The van der Waals surface area contributed by atoms with Crippen molar-refractivity contribution in [3.05, 3.63) is 41.8 Å². The van der Waals surface area contributed by atoms with E-state index in [9.17, 15) is 4.39 Å². The van der Waals surface area contributed by atoms with E-state index >= 15 is 0 Å². The zero-order valence-electron chi connectivity index (χ0n) is 10.1. The molecule has 0 radical (unpaired) electrons. The number of halogens is 1. The van der Waals surface area contributed by atoms with Crippen molar-refractivity contribution in [2.24, 2.45) is 7.05 Å². The minimum Gasteiger partial charge on any atom is -0.319 e. The second-order valence-electron chi connectivity index (χ2n) is 4.01. The normalized spacial score (nSPS) is 10.8. The van der Waals surface area contributed by atoms with E-state index in [0.29, 0.717) is 5.56 Å². The fraction of sp³-hybridized carbons (Fsp3) is 0.308. The Morgan fingerprint density at radius 2 is 2.12 bits per heavy atom. The van der Waals surface area contributed by atoms with Gasteiger partial charge in [0.1, 0.15) is 5.82 Å². The molecule has 0 aliphatic heterocycles. The SMILES string of the molecule is CNCCc1cn(C)nc1-c1ccccc1F.